The first-order valence-electron chi connectivity index (χ1n) is 4.98. The predicted molar refractivity (Wildman–Crippen MR) is 64.1 cm³/mol. The van der Waals surface area contributed by atoms with E-state index in [4.69, 9.17) is 5.53 Å². The molecule has 0 bridgehead atoms. The van der Waals surface area contributed by atoms with Crippen molar-refractivity contribution in [3.05, 3.63) is 32.8 Å². The minimum atomic E-state index is -0.245. The third-order valence-corrected chi connectivity index (χ3v) is 3.07. The summed E-state index contributed by atoms with van der Waals surface area (Å²) in [5.41, 5.74) is 8.12. The molecule has 0 aliphatic heterocycles. The van der Waals surface area contributed by atoms with Crippen LogP contribution in [-0.4, -0.2) is 12.5 Å². The average molecular weight is 238 g/mol. The van der Waals surface area contributed by atoms with Crippen molar-refractivity contribution in [1.29, 1.82) is 0 Å². The number of thiophene rings is 1. The molecule has 0 fully saturated rings. The highest BCUT2D eigenvalue weighted by Crippen LogP contribution is 2.25. The molecular weight excluding hydrogens is 224 g/mol. The fourth-order valence-electron chi connectivity index (χ4n) is 1.35. The van der Waals surface area contributed by atoms with Crippen LogP contribution in [0, 0.1) is 5.92 Å². The number of hydrogen-bond donors (Lipinski definition) is 1. The first kappa shape index (κ1) is 12.5. The lowest BCUT2D eigenvalue weighted by molar-refractivity contribution is -0.120. The Morgan fingerprint density at radius 3 is 2.94 bits per heavy atom. The van der Waals surface area contributed by atoms with Crippen molar-refractivity contribution in [2.24, 2.45) is 11.0 Å². The van der Waals surface area contributed by atoms with Crippen molar-refractivity contribution in [3.8, 4) is 0 Å². The van der Waals surface area contributed by atoms with E-state index < -0.39 is 0 Å². The van der Waals surface area contributed by atoms with Gasteiger partial charge < -0.3 is 5.32 Å². The number of azide groups is 1. The minimum Gasteiger partial charge on any atom is -0.348 e. The molecule has 86 valence electrons. The van der Waals surface area contributed by atoms with E-state index in [9.17, 15) is 4.79 Å². The standard InChI is InChI=1S/C10H14N4OS/c1-7(2)10(8-4-3-5-16-8)13-9(15)6-12-14-11/h3-5,7,10H,6H2,1-2H3,(H,13,15). The largest absolute Gasteiger partial charge is 0.348 e. The Labute approximate surface area is 98.1 Å². The molecule has 1 rings (SSSR count). The molecule has 5 nitrogen and oxygen atoms in total. The molecule has 1 amide bonds. The van der Waals surface area contributed by atoms with Crippen LogP contribution in [0.3, 0.4) is 0 Å². The quantitative estimate of drug-likeness (QED) is 0.478. The smallest absolute Gasteiger partial charge is 0.226 e. The third-order valence-electron chi connectivity index (χ3n) is 2.11. The Balaban J connectivity index is 2.66. The number of rotatable bonds is 5. The number of carbonyl (C=O) groups excluding carboxylic acids is 1. The molecule has 1 heterocycles. The lowest BCUT2D eigenvalue weighted by Gasteiger charge is -2.20. The second-order valence-electron chi connectivity index (χ2n) is 3.69. The molecule has 6 heteroatoms. The Morgan fingerprint density at radius 2 is 2.44 bits per heavy atom. The van der Waals surface area contributed by atoms with Gasteiger partial charge in [-0.25, -0.2) is 0 Å². The van der Waals surface area contributed by atoms with Crippen LogP contribution in [0.5, 0.6) is 0 Å². The van der Waals surface area contributed by atoms with Crippen molar-refractivity contribution in [1.82, 2.24) is 5.32 Å². The maximum absolute atomic E-state index is 11.4. The van der Waals surface area contributed by atoms with Crippen LogP contribution >= 0.6 is 11.3 Å². The number of nitrogens with zero attached hydrogens (tertiary/aromatic N) is 3. The van der Waals surface area contributed by atoms with Crippen LogP contribution in [0.15, 0.2) is 22.6 Å². The van der Waals surface area contributed by atoms with Gasteiger partial charge >= 0.3 is 0 Å². The van der Waals surface area contributed by atoms with Gasteiger partial charge in [0.2, 0.25) is 5.91 Å². The lowest BCUT2D eigenvalue weighted by atomic mass is 10.0. The molecule has 0 radical (unpaired) electrons. The highest BCUT2D eigenvalue weighted by Gasteiger charge is 2.18. The molecule has 0 saturated carbocycles. The first-order chi connectivity index (χ1) is 7.65. The SMILES string of the molecule is CC(C)C(NC(=O)CN=[N+]=[N-])c1cccs1. The van der Waals surface area contributed by atoms with Gasteiger partial charge in [-0.1, -0.05) is 25.0 Å². The fourth-order valence-corrected chi connectivity index (χ4v) is 2.30. The summed E-state index contributed by atoms with van der Waals surface area (Å²) >= 11 is 1.61. The van der Waals surface area contributed by atoms with Gasteiger partial charge in [0.15, 0.2) is 0 Å². The van der Waals surface area contributed by atoms with Gasteiger partial charge in [0.1, 0.15) is 6.54 Å². The topological polar surface area (TPSA) is 77.9 Å². The predicted octanol–water partition coefficient (Wildman–Crippen LogP) is 2.87. The molecule has 1 atom stereocenters. The molecule has 0 aliphatic carbocycles. The van der Waals surface area contributed by atoms with E-state index in [0.29, 0.717) is 5.92 Å². The van der Waals surface area contributed by atoms with Gasteiger partial charge in [0.25, 0.3) is 0 Å². The summed E-state index contributed by atoms with van der Waals surface area (Å²) in [5.74, 6) is 0.0542. The lowest BCUT2D eigenvalue weighted by Crippen LogP contribution is -2.32. The number of carbonyl (C=O) groups is 1. The number of amides is 1. The van der Waals surface area contributed by atoms with Crippen LogP contribution in [-0.2, 0) is 4.79 Å². The van der Waals surface area contributed by atoms with E-state index in [2.05, 4.69) is 15.3 Å². The zero-order valence-electron chi connectivity index (χ0n) is 9.25. The summed E-state index contributed by atoms with van der Waals surface area (Å²) in [6.07, 6.45) is 0. The van der Waals surface area contributed by atoms with E-state index in [1.165, 1.54) is 0 Å². The minimum absolute atomic E-state index is 0.0126. The highest BCUT2D eigenvalue weighted by atomic mass is 32.1. The Hall–Kier alpha value is -1.52. The molecular formula is C10H14N4OS. The monoisotopic (exact) mass is 238 g/mol. The molecule has 1 aromatic heterocycles. The van der Waals surface area contributed by atoms with Crippen molar-refractivity contribution in [2.75, 3.05) is 6.54 Å². The maximum Gasteiger partial charge on any atom is 0.226 e. The zero-order chi connectivity index (χ0) is 12.0. The maximum atomic E-state index is 11.4. The Bertz CT molecular complexity index is 382. The summed E-state index contributed by atoms with van der Waals surface area (Å²) in [6, 6.07) is 3.93. The number of nitrogens with one attached hydrogen (secondary N) is 1. The van der Waals surface area contributed by atoms with Crippen LogP contribution in [0.25, 0.3) is 10.4 Å². The Morgan fingerprint density at radius 1 is 1.69 bits per heavy atom. The first-order valence-corrected chi connectivity index (χ1v) is 5.86. The van der Waals surface area contributed by atoms with E-state index in [1.54, 1.807) is 11.3 Å². The van der Waals surface area contributed by atoms with Crippen molar-refractivity contribution >= 4 is 17.2 Å². The van der Waals surface area contributed by atoms with Crippen molar-refractivity contribution in [3.63, 3.8) is 0 Å². The summed E-state index contributed by atoms with van der Waals surface area (Å²) in [4.78, 5) is 15.1. The van der Waals surface area contributed by atoms with Crippen LogP contribution in [0.1, 0.15) is 24.8 Å². The second-order valence-corrected chi connectivity index (χ2v) is 4.67. The van der Waals surface area contributed by atoms with Gasteiger partial charge in [-0.15, -0.1) is 11.3 Å². The van der Waals surface area contributed by atoms with Gasteiger partial charge in [-0.05, 0) is 22.9 Å². The summed E-state index contributed by atoms with van der Waals surface area (Å²) in [5, 5.41) is 8.07. The number of hydrogen-bond acceptors (Lipinski definition) is 3. The summed E-state index contributed by atoms with van der Waals surface area (Å²) < 4.78 is 0. The molecule has 1 aromatic rings. The average Bonchev–Trinajstić information content (AvgIpc) is 2.75. The Kier molecular flexibility index (Phi) is 4.82. The highest BCUT2D eigenvalue weighted by molar-refractivity contribution is 7.10. The second kappa shape index (κ2) is 6.15. The van der Waals surface area contributed by atoms with E-state index >= 15 is 0 Å². The van der Waals surface area contributed by atoms with Crippen molar-refractivity contribution in [2.45, 2.75) is 19.9 Å². The summed E-state index contributed by atoms with van der Waals surface area (Å²) in [7, 11) is 0. The van der Waals surface area contributed by atoms with E-state index in [0.717, 1.165) is 4.88 Å². The van der Waals surface area contributed by atoms with Gasteiger partial charge in [0, 0.05) is 9.79 Å². The van der Waals surface area contributed by atoms with Gasteiger partial charge in [0.05, 0.1) is 6.04 Å². The normalized spacial score (nSPS) is 11.9. The van der Waals surface area contributed by atoms with E-state index in [-0.39, 0.29) is 18.5 Å². The summed E-state index contributed by atoms with van der Waals surface area (Å²) in [6.45, 7) is 3.93. The molecule has 1 N–H and O–H groups in total. The molecule has 1 unspecified atom stereocenters. The van der Waals surface area contributed by atoms with Crippen LogP contribution < -0.4 is 5.32 Å². The van der Waals surface area contributed by atoms with E-state index in [1.807, 2.05) is 31.4 Å². The third kappa shape index (κ3) is 3.56. The molecule has 0 spiro atoms. The van der Waals surface area contributed by atoms with Crippen LogP contribution in [0.4, 0.5) is 0 Å². The van der Waals surface area contributed by atoms with Crippen LogP contribution in [0.2, 0.25) is 0 Å². The molecule has 0 aromatic carbocycles. The molecule has 16 heavy (non-hydrogen) atoms. The molecule has 0 aliphatic rings. The zero-order valence-corrected chi connectivity index (χ0v) is 10.1. The fraction of sp³-hybridized carbons (Fsp3) is 0.500. The molecule has 0 saturated heterocycles. The van der Waals surface area contributed by atoms with Crippen molar-refractivity contribution < 1.29 is 4.79 Å². The van der Waals surface area contributed by atoms with Gasteiger partial charge in [-0.2, -0.15) is 0 Å². The van der Waals surface area contributed by atoms with Gasteiger partial charge in [-0.3, -0.25) is 4.79 Å².